The van der Waals surface area contributed by atoms with Gasteiger partial charge in [-0.15, -0.1) is 0 Å². The lowest BCUT2D eigenvalue weighted by Crippen LogP contribution is -2.36. The van der Waals surface area contributed by atoms with E-state index in [1.165, 1.54) is 16.7 Å². The Hall–Kier alpha value is -3.18. The molecular weight excluding hydrogens is 400 g/mol. The second-order valence-corrected chi connectivity index (χ2v) is 8.50. The molecule has 0 spiro atoms. The summed E-state index contributed by atoms with van der Waals surface area (Å²) in [6.45, 7) is 2.79. The zero-order valence-corrected chi connectivity index (χ0v) is 19.1. The highest BCUT2D eigenvalue weighted by atomic mass is 32.1. The van der Waals surface area contributed by atoms with E-state index in [1.54, 1.807) is 0 Å². The Bertz CT molecular complexity index is 1070. The van der Waals surface area contributed by atoms with Crippen LogP contribution in [0.15, 0.2) is 84.0 Å². The molecule has 0 saturated heterocycles. The van der Waals surface area contributed by atoms with Gasteiger partial charge in [-0.2, -0.15) is 5.10 Å². The van der Waals surface area contributed by atoms with E-state index in [2.05, 4.69) is 91.9 Å². The molecular formula is C26H28N4S. The molecule has 0 aliphatic carbocycles. The summed E-state index contributed by atoms with van der Waals surface area (Å²) in [5.74, 6) is 0. The summed E-state index contributed by atoms with van der Waals surface area (Å²) in [5.41, 5.74) is 7.01. The van der Waals surface area contributed by atoms with Crippen molar-refractivity contribution in [3.8, 4) is 0 Å². The van der Waals surface area contributed by atoms with Crippen molar-refractivity contribution in [3.05, 3.63) is 101 Å². The molecule has 5 heteroatoms. The summed E-state index contributed by atoms with van der Waals surface area (Å²) >= 11 is 5.79. The van der Waals surface area contributed by atoms with Gasteiger partial charge in [0.1, 0.15) is 0 Å². The van der Waals surface area contributed by atoms with Crippen LogP contribution in [0.2, 0.25) is 0 Å². The number of thiocarbonyl (C=S) groups is 1. The third-order valence-corrected chi connectivity index (χ3v) is 5.89. The lowest BCUT2D eigenvalue weighted by Gasteiger charge is -2.25. The monoisotopic (exact) mass is 428 g/mol. The van der Waals surface area contributed by atoms with Gasteiger partial charge in [-0.05, 0) is 48.0 Å². The van der Waals surface area contributed by atoms with Crippen molar-refractivity contribution in [2.75, 3.05) is 19.0 Å². The van der Waals surface area contributed by atoms with Crippen LogP contribution in [-0.2, 0) is 6.54 Å². The Morgan fingerprint density at radius 1 is 1.03 bits per heavy atom. The lowest BCUT2D eigenvalue weighted by atomic mass is 9.97. The number of hydrogen-bond donors (Lipinski definition) is 1. The first-order valence-electron chi connectivity index (χ1n) is 10.5. The number of hydrogen-bond acceptors (Lipinski definition) is 3. The number of nitrogens with one attached hydrogen (secondary N) is 1. The van der Waals surface area contributed by atoms with Crippen LogP contribution in [0.1, 0.15) is 34.7 Å². The van der Waals surface area contributed by atoms with Crippen molar-refractivity contribution in [2.24, 2.45) is 5.10 Å². The highest BCUT2D eigenvalue weighted by Crippen LogP contribution is 2.33. The van der Waals surface area contributed by atoms with E-state index in [9.17, 15) is 0 Å². The number of rotatable bonds is 5. The maximum Gasteiger partial charge on any atom is 0.190 e. The third-order valence-electron chi connectivity index (χ3n) is 5.56. The molecule has 4 rings (SSSR count). The van der Waals surface area contributed by atoms with Gasteiger partial charge < -0.3 is 10.2 Å². The smallest absolute Gasteiger partial charge is 0.190 e. The molecule has 0 radical (unpaired) electrons. The molecule has 31 heavy (non-hydrogen) atoms. The summed E-state index contributed by atoms with van der Waals surface area (Å²) in [6, 6.07) is 27.6. The van der Waals surface area contributed by atoms with Crippen LogP contribution in [0.25, 0.3) is 0 Å². The second-order valence-electron chi connectivity index (χ2n) is 8.11. The SMILES string of the molecule is Cc1ccc(C2CC(c3cccc(N(C)C)c3)=NN2C(=S)NCc2ccccc2)cc1. The molecule has 0 aromatic heterocycles. The van der Waals surface area contributed by atoms with E-state index in [0.29, 0.717) is 11.7 Å². The maximum absolute atomic E-state index is 5.79. The average molecular weight is 429 g/mol. The molecule has 4 nitrogen and oxygen atoms in total. The van der Waals surface area contributed by atoms with Gasteiger partial charge in [0.05, 0.1) is 11.8 Å². The molecule has 3 aromatic carbocycles. The molecule has 158 valence electrons. The fourth-order valence-corrected chi connectivity index (χ4v) is 3.98. The van der Waals surface area contributed by atoms with Gasteiger partial charge in [0.25, 0.3) is 0 Å². The van der Waals surface area contributed by atoms with Crippen molar-refractivity contribution in [3.63, 3.8) is 0 Å². The van der Waals surface area contributed by atoms with E-state index in [4.69, 9.17) is 17.3 Å². The average Bonchev–Trinajstić information content (AvgIpc) is 3.24. The predicted molar refractivity (Wildman–Crippen MR) is 134 cm³/mol. The molecule has 0 saturated carbocycles. The van der Waals surface area contributed by atoms with E-state index in [0.717, 1.165) is 23.4 Å². The normalized spacial score (nSPS) is 15.5. The quantitative estimate of drug-likeness (QED) is 0.560. The molecule has 1 aliphatic rings. The first-order chi connectivity index (χ1) is 15.0. The molecule has 1 aliphatic heterocycles. The van der Waals surface area contributed by atoms with Crippen molar-refractivity contribution >= 4 is 28.7 Å². The summed E-state index contributed by atoms with van der Waals surface area (Å²) in [4.78, 5) is 2.11. The lowest BCUT2D eigenvalue weighted by molar-refractivity contribution is 0.364. The van der Waals surface area contributed by atoms with Crippen molar-refractivity contribution < 1.29 is 0 Å². The number of aryl methyl sites for hydroxylation is 1. The minimum absolute atomic E-state index is 0.0781. The van der Waals surface area contributed by atoms with Crippen LogP contribution in [-0.4, -0.2) is 29.9 Å². The molecule has 0 bridgehead atoms. The topological polar surface area (TPSA) is 30.9 Å². The Labute approximate surface area is 190 Å². The Kier molecular flexibility index (Phi) is 6.33. The van der Waals surface area contributed by atoms with E-state index in [1.807, 2.05) is 23.2 Å². The highest BCUT2D eigenvalue weighted by molar-refractivity contribution is 7.80. The molecule has 1 unspecified atom stereocenters. The highest BCUT2D eigenvalue weighted by Gasteiger charge is 2.31. The fraction of sp³-hybridized carbons (Fsp3) is 0.231. The van der Waals surface area contributed by atoms with Gasteiger partial charge >= 0.3 is 0 Å². The van der Waals surface area contributed by atoms with Crippen LogP contribution in [0.3, 0.4) is 0 Å². The van der Waals surface area contributed by atoms with E-state index in [-0.39, 0.29) is 6.04 Å². The molecule has 0 amide bonds. The molecule has 0 fully saturated rings. The van der Waals surface area contributed by atoms with Crippen LogP contribution < -0.4 is 10.2 Å². The summed E-state index contributed by atoms with van der Waals surface area (Å²) in [6.07, 6.45) is 0.813. The van der Waals surface area contributed by atoms with E-state index < -0.39 is 0 Å². The van der Waals surface area contributed by atoms with Gasteiger partial charge in [-0.1, -0.05) is 72.3 Å². The van der Waals surface area contributed by atoms with Crippen LogP contribution in [0, 0.1) is 6.92 Å². The first-order valence-corrected chi connectivity index (χ1v) is 10.9. The van der Waals surface area contributed by atoms with Gasteiger partial charge in [-0.25, -0.2) is 5.01 Å². The molecule has 3 aromatic rings. The number of hydrazone groups is 1. The Balaban J connectivity index is 1.61. The van der Waals surface area contributed by atoms with Crippen molar-refractivity contribution in [1.82, 2.24) is 10.3 Å². The molecule has 1 N–H and O–H groups in total. The van der Waals surface area contributed by atoms with Gasteiger partial charge in [-0.3, -0.25) is 0 Å². The zero-order chi connectivity index (χ0) is 21.8. The Morgan fingerprint density at radius 3 is 2.48 bits per heavy atom. The largest absolute Gasteiger partial charge is 0.378 e. The first kappa shape index (κ1) is 21.1. The third kappa shape index (κ3) is 4.94. The van der Waals surface area contributed by atoms with E-state index >= 15 is 0 Å². The Morgan fingerprint density at radius 2 is 1.77 bits per heavy atom. The van der Waals surface area contributed by atoms with Gasteiger partial charge in [0.15, 0.2) is 5.11 Å². The minimum atomic E-state index is 0.0781. The zero-order valence-electron chi connectivity index (χ0n) is 18.2. The van der Waals surface area contributed by atoms with Crippen molar-refractivity contribution in [1.29, 1.82) is 0 Å². The van der Waals surface area contributed by atoms with Crippen LogP contribution >= 0.6 is 12.2 Å². The van der Waals surface area contributed by atoms with Gasteiger partial charge in [0.2, 0.25) is 0 Å². The minimum Gasteiger partial charge on any atom is -0.378 e. The van der Waals surface area contributed by atoms with Crippen LogP contribution in [0.5, 0.6) is 0 Å². The number of nitrogens with zero attached hydrogens (tertiary/aromatic N) is 3. The summed E-state index contributed by atoms with van der Waals surface area (Å²) < 4.78 is 0. The summed E-state index contributed by atoms with van der Waals surface area (Å²) in [5, 5.41) is 11.0. The number of benzene rings is 3. The predicted octanol–water partition coefficient (Wildman–Crippen LogP) is 5.29. The maximum atomic E-state index is 5.79. The fourth-order valence-electron chi connectivity index (χ4n) is 3.74. The molecule has 1 heterocycles. The molecule has 1 atom stereocenters. The number of anilines is 1. The van der Waals surface area contributed by atoms with Crippen LogP contribution in [0.4, 0.5) is 5.69 Å². The second kappa shape index (κ2) is 9.31. The van der Waals surface area contributed by atoms with Crippen molar-refractivity contribution in [2.45, 2.75) is 25.9 Å². The summed E-state index contributed by atoms with van der Waals surface area (Å²) in [7, 11) is 4.11. The standard InChI is InChI=1S/C26H28N4S/c1-19-12-14-21(15-13-19)25-17-24(22-10-7-11-23(16-22)29(2)3)28-30(25)26(31)27-18-20-8-5-4-6-9-20/h4-16,25H,17-18H2,1-3H3,(H,27,31). The van der Waals surface area contributed by atoms with Gasteiger partial charge in [0, 0.05) is 32.7 Å².